The number of esters is 1. The molecule has 0 bridgehead atoms. The van der Waals surface area contributed by atoms with Gasteiger partial charge in [-0.2, -0.15) is 0 Å². The molecule has 1 aliphatic rings. The van der Waals surface area contributed by atoms with Crippen LogP contribution in [0, 0.1) is 5.92 Å². The lowest BCUT2D eigenvalue weighted by molar-refractivity contribution is -0.148. The van der Waals surface area contributed by atoms with Crippen molar-refractivity contribution in [3.8, 4) is 5.75 Å². The molecule has 4 heteroatoms. The highest BCUT2D eigenvalue weighted by atomic mass is 16.5. The molecule has 2 rings (SSSR count). The van der Waals surface area contributed by atoms with Crippen molar-refractivity contribution in [3.05, 3.63) is 29.8 Å². The van der Waals surface area contributed by atoms with Crippen LogP contribution in [0.2, 0.25) is 0 Å². The Balaban J connectivity index is 2.17. The van der Waals surface area contributed by atoms with Crippen LogP contribution in [0.3, 0.4) is 0 Å². The quantitative estimate of drug-likeness (QED) is 0.778. The maximum atomic E-state index is 12.2. The Labute approximate surface area is 120 Å². The maximum Gasteiger partial charge on any atom is 0.330 e. The van der Waals surface area contributed by atoms with Gasteiger partial charge in [0.1, 0.15) is 11.3 Å². The number of hydrogen-bond donors (Lipinski definition) is 1. The Kier molecular flexibility index (Phi) is 4.65. The largest absolute Gasteiger partial charge is 0.494 e. The monoisotopic (exact) mass is 277 g/mol. The molecule has 1 aromatic rings. The van der Waals surface area contributed by atoms with Gasteiger partial charge in [-0.15, -0.1) is 0 Å². The zero-order valence-corrected chi connectivity index (χ0v) is 12.4. The molecule has 0 spiro atoms. The van der Waals surface area contributed by atoms with E-state index in [1.165, 1.54) is 20.0 Å². The predicted molar refractivity (Wildman–Crippen MR) is 77.7 cm³/mol. The fourth-order valence-electron chi connectivity index (χ4n) is 2.22. The molecular formula is C16H23NO3. The molecule has 1 fully saturated rings. The Morgan fingerprint density at radius 1 is 1.35 bits per heavy atom. The minimum absolute atomic E-state index is 0.262. The van der Waals surface area contributed by atoms with Gasteiger partial charge in [-0.05, 0) is 56.8 Å². The van der Waals surface area contributed by atoms with E-state index in [0.717, 1.165) is 17.9 Å². The highest BCUT2D eigenvalue weighted by Crippen LogP contribution is 2.31. The number of carbonyl (C=O) groups excluding carboxylic acids is 1. The van der Waals surface area contributed by atoms with Gasteiger partial charge in [0.15, 0.2) is 0 Å². The molecule has 0 aromatic heterocycles. The summed E-state index contributed by atoms with van der Waals surface area (Å²) in [4.78, 5) is 12.2. The fourth-order valence-corrected chi connectivity index (χ4v) is 2.22. The minimum atomic E-state index is -0.803. The molecule has 1 aromatic carbocycles. The lowest BCUT2D eigenvalue weighted by Crippen LogP contribution is -2.48. The topological polar surface area (TPSA) is 47.6 Å². The van der Waals surface area contributed by atoms with Gasteiger partial charge in [0.2, 0.25) is 0 Å². The van der Waals surface area contributed by atoms with Crippen LogP contribution in [-0.4, -0.2) is 26.2 Å². The summed E-state index contributed by atoms with van der Waals surface area (Å²) in [5, 5.41) is 3.36. The zero-order chi connectivity index (χ0) is 14.6. The molecular weight excluding hydrogens is 254 g/mol. The lowest BCUT2D eigenvalue weighted by Gasteiger charge is -2.28. The molecule has 1 aliphatic carbocycles. The first-order valence-electron chi connectivity index (χ1n) is 7.17. The first-order valence-corrected chi connectivity index (χ1v) is 7.17. The lowest BCUT2D eigenvalue weighted by atomic mass is 9.91. The first-order chi connectivity index (χ1) is 9.60. The number of benzene rings is 1. The average molecular weight is 277 g/mol. The number of ether oxygens (including phenoxy) is 2. The third kappa shape index (κ3) is 3.31. The fraction of sp³-hybridized carbons (Fsp3) is 0.562. The minimum Gasteiger partial charge on any atom is -0.494 e. The van der Waals surface area contributed by atoms with E-state index in [1.807, 2.05) is 38.1 Å². The molecule has 1 N–H and O–H groups in total. The Morgan fingerprint density at radius 2 is 2.00 bits per heavy atom. The Hall–Kier alpha value is -1.55. The van der Waals surface area contributed by atoms with Crippen LogP contribution < -0.4 is 10.1 Å². The third-order valence-electron chi connectivity index (χ3n) is 3.78. The van der Waals surface area contributed by atoms with E-state index in [9.17, 15) is 4.79 Å². The molecule has 0 aliphatic heterocycles. The molecule has 1 unspecified atom stereocenters. The number of carbonyl (C=O) groups is 1. The van der Waals surface area contributed by atoms with Crippen LogP contribution >= 0.6 is 0 Å². The van der Waals surface area contributed by atoms with E-state index >= 15 is 0 Å². The predicted octanol–water partition coefficient (Wildman–Crippen LogP) is 2.47. The van der Waals surface area contributed by atoms with Gasteiger partial charge in [0, 0.05) is 0 Å². The molecule has 0 saturated heterocycles. The first kappa shape index (κ1) is 14.9. The van der Waals surface area contributed by atoms with E-state index in [2.05, 4.69) is 5.32 Å². The van der Waals surface area contributed by atoms with Gasteiger partial charge in [-0.25, -0.2) is 4.79 Å². The Bertz CT molecular complexity index is 453. The van der Waals surface area contributed by atoms with Crippen molar-refractivity contribution in [2.75, 3.05) is 20.3 Å². The summed E-state index contributed by atoms with van der Waals surface area (Å²) >= 11 is 0. The maximum absolute atomic E-state index is 12.2. The SMILES string of the molecule is CCOc1ccc(C(C)(NCC2CC2)C(=O)OC)cc1. The second kappa shape index (κ2) is 6.27. The smallest absolute Gasteiger partial charge is 0.330 e. The van der Waals surface area contributed by atoms with Crippen molar-refractivity contribution in [3.63, 3.8) is 0 Å². The van der Waals surface area contributed by atoms with Crippen molar-refractivity contribution in [2.45, 2.75) is 32.2 Å². The van der Waals surface area contributed by atoms with Crippen molar-refractivity contribution in [1.29, 1.82) is 0 Å². The van der Waals surface area contributed by atoms with E-state index in [4.69, 9.17) is 9.47 Å². The average Bonchev–Trinajstić information content (AvgIpc) is 3.29. The van der Waals surface area contributed by atoms with Crippen LogP contribution in [0.1, 0.15) is 32.3 Å². The van der Waals surface area contributed by atoms with E-state index in [0.29, 0.717) is 12.5 Å². The van der Waals surface area contributed by atoms with Crippen molar-refractivity contribution in [1.82, 2.24) is 5.32 Å². The van der Waals surface area contributed by atoms with E-state index < -0.39 is 5.54 Å². The van der Waals surface area contributed by atoms with Gasteiger partial charge in [-0.3, -0.25) is 5.32 Å². The third-order valence-corrected chi connectivity index (χ3v) is 3.78. The van der Waals surface area contributed by atoms with Crippen molar-refractivity contribution in [2.24, 2.45) is 5.92 Å². The van der Waals surface area contributed by atoms with Crippen molar-refractivity contribution < 1.29 is 14.3 Å². The molecule has 0 heterocycles. The van der Waals surface area contributed by atoms with E-state index in [1.54, 1.807) is 0 Å². The summed E-state index contributed by atoms with van der Waals surface area (Å²) in [7, 11) is 1.42. The van der Waals surface area contributed by atoms with Crippen LogP contribution in [0.15, 0.2) is 24.3 Å². The van der Waals surface area contributed by atoms with Gasteiger partial charge >= 0.3 is 5.97 Å². The van der Waals surface area contributed by atoms with E-state index in [-0.39, 0.29) is 5.97 Å². The standard InChI is InChI=1S/C16H23NO3/c1-4-20-14-9-7-13(8-10-14)16(2,15(18)19-3)17-11-12-5-6-12/h7-10,12,17H,4-6,11H2,1-3H3. The second-order valence-corrected chi connectivity index (χ2v) is 5.40. The molecule has 1 atom stereocenters. The van der Waals surface area contributed by atoms with Gasteiger partial charge < -0.3 is 9.47 Å². The number of rotatable bonds is 7. The van der Waals surface area contributed by atoms with Crippen LogP contribution in [-0.2, 0) is 15.1 Å². The second-order valence-electron chi connectivity index (χ2n) is 5.40. The normalized spacial score (nSPS) is 17.4. The summed E-state index contributed by atoms with van der Waals surface area (Å²) in [6, 6.07) is 7.61. The van der Waals surface area contributed by atoms with Crippen LogP contribution in [0.25, 0.3) is 0 Å². The summed E-state index contributed by atoms with van der Waals surface area (Å²) in [6.07, 6.45) is 2.49. The van der Waals surface area contributed by atoms with Crippen LogP contribution in [0.5, 0.6) is 5.75 Å². The summed E-state index contributed by atoms with van der Waals surface area (Å²) < 4.78 is 10.4. The zero-order valence-electron chi connectivity index (χ0n) is 12.4. The number of nitrogens with one attached hydrogen (secondary N) is 1. The van der Waals surface area contributed by atoms with Gasteiger partial charge in [-0.1, -0.05) is 12.1 Å². The highest BCUT2D eigenvalue weighted by molar-refractivity contribution is 5.82. The number of hydrogen-bond acceptors (Lipinski definition) is 4. The highest BCUT2D eigenvalue weighted by Gasteiger charge is 2.37. The summed E-state index contributed by atoms with van der Waals surface area (Å²) in [5.74, 6) is 1.25. The van der Waals surface area contributed by atoms with Crippen LogP contribution in [0.4, 0.5) is 0 Å². The van der Waals surface area contributed by atoms with Gasteiger partial charge in [0.25, 0.3) is 0 Å². The summed E-state index contributed by atoms with van der Waals surface area (Å²) in [6.45, 7) is 5.30. The molecule has 20 heavy (non-hydrogen) atoms. The molecule has 1 saturated carbocycles. The molecule has 4 nitrogen and oxygen atoms in total. The Morgan fingerprint density at radius 3 is 2.50 bits per heavy atom. The molecule has 110 valence electrons. The number of methoxy groups -OCH3 is 1. The summed E-state index contributed by atoms with van der Waals surface area (Å²) in [5.41, 5.74) is 0.0932. The molecule has 0 radical (unpaired) electrons. The molecule has 0 amide bonds. The van der Waals surface area contributed by atoms with Gasteiger partial charge in [0.05, 0.1) is 13.7 Å². The van der Waals surface area contributed by atoms with Crippen molar-refractivity contribution >= 4 is 5.97 Å².